The number of halogens is 1. The first-order valence-electron chi connectivity index (χ1n) is 5.37. The van der Waals surface area contributed by atoms with Gasteiger partial charge in [0.25, 0.3) is 0 Å². The maximum absolute atomic E-state index is 11.4. The lowest BCUT2D eigenvalue weighted by molar-refractivity contribution is -0.119. The molecule has 1 rings (SSSR count). The second-order valence-electron chi connectivity index (χ2n) is 3.54. The van der Waals surface area contributed by atoms with Crippen LogP contribution >= 0.6 is 15.9 Å². The van der Waals surface area contributed by atoms with E-state index >= 15 is 0 Å². The van der Waals surface area contributed by atoms with Crippen molar-refractivity contribution in [1.82, 2.24) is 5.32 Å². The molecule has 0 atom stereocenters. The highest BCUT2D eigenvalue weighted by Crippen LogP contribution is 2.18. The van der Waals surface area contributed by atoms with Gasteiger partial charge in [-0.3, -0.25) is 4.79 Å². The Morgan fingerprint density at radius 2 is 2.24 bits per heavy atom. The molecular formula is C12H14BrN3O. The van der Waals surface area contributed by atoms with Crippen molar-refractivity contribution < 1.29 is 4.79 Å². The molecule has 1 aromatic carbocycles. The number of nitrogens with zero attached hydrogens (tertiary/aromatic N) is 1. The zero-order valence-corrected chi connectivity index (χ0v) is 11.2. The zero-order valence-electron chi connectivity index (χ0n) is 9.59. The molecule has 0 spiro atoms. The van der Waals surface area contributed by atoms with Gasteiger partial charge in [-0.15, -0.1) is 0 Å². The van der Waals surface area contributed by atoms with Crippen LogP contribution in [0.4, 0.5) is 5.69 Å². The van der Waals surface area contributed by atoms with Gasteiger partial charge >= 0.3 is 0 Å². The summed E-state index contributed by atoms with van der Waals surface area (Å²) in [6.45, 7) is 2.89. The standard InChI is InChI=1S/C12H14BrN3O/c1-2-3-15-12(17)8-16-11-5-9(7-14)4-10(13)6-11/h4-6,16H,2-3,8H2,1H3,(H,15,17). The Morgan fingerprint density at radius 1 is 1.47 bits per heavy atom. The summed E-state index contributed by atoms with van der Waals surface area (Å²) in [4.78, 5) is 11.4. The minimum Gasteiger partial charge on any atom is -0.376 e. The van der Waals surface area contributed by atoms with Gasteiger partial charge in [-0.1, -0.05) is 22.9 Å². The van der Waals surface area contributed by atoms with Crippen molar-refractivity contribution in [1.29, 1.82) is 5.26 Å². The number of anilines is 1. The third-order valence-electron chi connectivity index (χ3n) is 2.05. The van der Waals surface area contributed by atoms with E-state index in [9.17, 15) is 4.79 Å². The van der Waals surface area contributed by atoms with E-state index in [4.69, 9.17) is 5.26 Å². The molecule has 0 saturated heterocycles. The van der Waals surface area contributed by atoms with E-state index in [2.05, 4.69) is 32.6 Å². The van der Waals surface area contributed by atoms with E-state index in [0.717, 1.165) is 16.6 Å². The highest BCUT2D eigenvalue weighted by atomic mass is 79.9. The average Bonchev–Trinajstić information content (AvgIpc) is 2.33. The van der Waals surface area contributed by atoms with Crippen LogP contribution in [0.1, 0.15) is 18.9 Å². The van der Waals surface area contributed by atoms with E-state index in [1.54, 1.807) is 12.1 Å². The molecule has 0 radical (unpaired) electrons. The van der Waals surface area contributed by atoms with E-state index in [1.165, 1.54) is 0 Å². The van der Waals surface area contributed by atoms with E-state index in [0.29, 0.717) is 12.1 Å². The normalized spacial score (nSPS) is 9.47. The van der Waals surface area contributed by atoms with Crippen molar-refractivity contribution in [2.45, 2.75) is 13.3 Å². The van der Waals surface area contributed by atoms with Crippen molar-refractivity contribution in [2.75, 3.05) is 18.4 Å². The Labute approximate surface area is 109 Å². The summed E-state index contributed by atoms with van der Waals surface area (Å²) in [6, 6.07) is 7.32. The van der Waals surface area contributed by atoms with Crippen molar-refractivity contribution in [2.24, 2.45) is 0 Å². The lowest BCUT2D eigenvalue weighted by Crippen LogP contribution is -2.30. The average molecular weight is 296 g/mol. The van der Waals surface area contributed by atoms with Crippen molar-refractivity contribution in [3.8, 4) is 6.07 Å². The lowest BCUT2D eigenvalue weighted by atomic mass is 10.2. The summed E-state index contributed by atoms with van der Waals surface area (Å²) >= 11 is 3.31. The first-order valence-corrected chi connectivity index (χ1v) is 6.16. The number of hydrogen-bond donors (Lipinski definition) is 2. The molecule has 17 heavy (non-hydrogen) atoms. The summed E-state index contributed by atoms with van der Waals surface area (Å²) < 4.78 is 0.813. The molecular weight excluding hydrogens is 282 g/mol. The molecule has 0 aromatic heterocycles. The monoisotopic (exact) mass is 295 g/mol. The number of hydrogen-bond acceptors (Lipinski definition) is 3. The van der Waals surface area contributed by atoms with Gasteiger partial charge in [0.05, 0.1) is 18.2 Å². The van der Waals surface area contributed by atoms with Crippen LogP contribution in [-0.4, -0.2) is 19.0 Å². The molecule has 0 aliphatic rings. The molecule has 0 aliphatic heterocycles. The Bertz CT molecular complexity index is 440. The highest BCUT2D eigenvalue weighted by molar-refractivity contribution is 9.10. The van der Waals surface area contributed by atoms with E-state index in [-0.39, 0.29) is 12.5 Å². The van der Waals surface area contributed by atoms with Crippen molar-refractivity contribution >= 4 is 27.5 Å². The van der Waals surface area contributed by atoms with Gasteiger partial charge in [0.1, 0.15) is 0 Å². The van der Waals surface area contributed by atoms with Gasteiger partial charge < -0.3 is 10.6 Å². The predicted molar refractivity (Wildman–Crippen MR) is 70.6 cm³/mol. The Hall–Kier alpha value is -1.54. The molecule has 0 unspecified atom stereocenters. The first-order chi connectivity index (χ1) is 8.15. The molecule has 0 bridgehead atoms. The quantitative estimate of drug-likeness (QED) is 0.876. The number of benzene rings is 1. The molecule has 2 N–H and O–H groups in total. The van der Waals surface area contributed by atoms with Crippen LogP contribution in [0.15, 0.2) is 22.7 Å². The minimum absolute atomic E-state index is 0.0506. The molecule has 4 nitrogen and oxygen atoms in total. The number of carbonyl (C=O) groups is 1. The van der Waals surface area contributed by atoms with E-state index in [1.807, 2.05) is 13.0 Å². The predicted octanol–water partition coefficient (Wildman–Crippen LogP) is 2.26. The molecule has 1 aromatic rings. The number of amides is 1. The maximum Gasteiger partial charge on any atom is 0.239 e. The van der Waals surface area contributed by atoms with Crippen LogP contribution in [0.2, 0.25) is 0 Å². The highest BCUT2D eigenvalue weighted by Gasteiger charge is 2.02. The molecule has 0 saturated carbocycles. The number of carbonyl (C=O) groups excluding carboxylic acids is 1. The van der Waals surface area contributed by atoms with Crippen LogP contribution in [-0.2, 0) is 4.79 Å². The largest absolute Gasteiger partial charge is 0.376 e. The number of rotatable bonds is 5. The fraction of sp³-hybridized carbons (Fsp3) is 0.333. The summed E-state index contributed by atoms with van der Waals surface area (Å²) in [5.74, 6) is -0.0506. The topological polar surface area (TPSA) is 64.9 Å². The van der Waals surface area contributed by atoms with E-state index < -0.39 is 0 Å². The number of nitrogens with one attached hydrogen (secondary N) is 2. The van der Waals surface area contributed by atoms with Crippen molar-refractivity contribution in [3.63, 3.8) is 0 Å². The molecule has 5 heteroatoms. The molecule has 0 fully saturated rings. The van der Waals surface area contributed by atoms with Gasteiger partial charge in [-0.25, -0.2) is 0 Å². The van der Waals surface area contributed by atoms with Crippen molar-refractivity contribution in [3.05, 3.63) is 28.2 Å². The summed E-state index contributed by atoms with van der Waals surface area (Å²) in [5, 5.41) is 14.5. The second kappa shape index (κ2) is 6.92. The zero-order chi connectivity index (χ0) is 12.7. The molecule has 1 amide bonds. The third-order valence-corrected chi connectivity index (χ3v) is 2.51. The first kappa shape index (κ1) is 13.5. The fourth-order valence-corrected chi connectivity index (χ4v) is 1.76. The Balaban J connectivity index is 2.55. The maximum atomic E-state index is 11.4. The van der Waals surface area contributed by atoms with Crippen LogP contribution in [0.5, 0.6) is 0 Å². The van der Waals surface area contributed by atoms with Crippen LogP contribution in [0, 0.1) is 11.3 Å². The Morgan fingerprint density at radius 3 is 2.88 bits per heavy atom. The Kier molecular flexibility index (Phi) is 5.50. The molecule has 90 valence electrons. The minimum atomic E-state index is -0.0506. The SMILES string of the molecule is CCCNC(=O)CNc1cc(Br)cc(C#N)c1. The van der Waals surface area contributed by atoms with Crippen LogP contribution in [0.25, 0.3) is 0 Å². The molecule has 0 aliphatic carbocycles. The van der Waals surface area contributed by atoms with Gasteiger partial charge in [0.15, 0.2) is 0 Å². The smallest absolute Gasteiger partial charge is 0.239 e. The van der Waals surface area contributed by atoms with Crippen LogP contribution < -0.4 is 10.6 Å². The lowest BCUT2D eigenvalue weighted by Gasteiger charge is -2.07. The third kappa shape index (κ3) is 4.87. The van der Waals surface area contributed by atoms with Gasteiger partial charge in [-0.05, 0) is 24.6 Å². The van der Waals surface area contributed by atoms with Crippen LogP contribution in [0.3, 0.4) is 0 Å². The summed E-state index contributed by atoms with van der Waals surface area (Å²) in [6.07, 6.45) is 0.918. The van der Waals surface area contributed by atoms with Gasteiger partial charge in [0.2, 0.25) is 5.91 Å². The summed E-state index contributed by atoms with van der Waals surface area (Å²) in [5.41, 5.74) is 1.30. The second-order valence-corrected chi connectivity index (χ2v) is 4.46. The van der Waals surface area contributed by atoms with Gasteiger partial charge in [0, 0.05) is 16.7 Å². The van der Waals surface area contributed by atoms with Gasteiger partial charge in [-0.2, -0.15) is 5.26 Å². The summed E-state index contributed by atoms with van der Waals surface area (Å²) in [7, 11) is 0. The molecule has 0 heterocycles. The number of nitriles is 1. The fourth-order valence-electron chi connectivity index (χ4n) is 1.27.